The molecule has 1 nitrogen and oxygen atoms in total. The lowest BCUT2D eigenvalue weighted by Crippen LogP contribution is -1.85. The molecule has 0 N–H and O–H groups in total. The van der Waals surface area contributed by atoms with Crippen LogP contribution in [0.3, 0.4) is 0 Å². The fourth-order valence-electron chi connectivity index (χ4n) is 2.02. The fraction of sp³-hybridized carbons (Fsp3) is 0.105. The zero-order chi connectivity index (χ0) is 14.2. The number of nitrogens with zero attached hydrogens (tertiary/aromatic N) is 1. The maximum atomic E-state index is 4.41. The quantitative estimate of drug-likeness (QED) is 0.682. The van der Waals surface area contributed by atoms with Gasteiger partial charge in [-0.2, -0.15) is 0 Å². The molecule has 1 aromatic heterocycles. The summed E-state index contributed by atoms with van der Waals surface area (Å²) in [5.41, 5.74) is 4.53. The van der Waals surface area contributed by atoms with Gasteiger partial charge in [-0.05, 0) is 43.2 Å². The van der Waals surface area contributed by atoms with Gasteiger partial charge in [0, 0.05) is 11.8 Å². The van der Waals surface area contributed by atoms with Crippen molar-refractivity contribution in [3.05, 3.63) is 84.6 Å². The van der Waals surface area contributed by atoms with Crippen LogP contribution >= 0.6 is 0 Å². The van der Waals surface area contributed by atoms with Gasteiger partial charge in [0.05, 0.1) is 5.69 Å². The van der Waals surface area contributed by atoms with E-state index in [2.05, 4.69) is 53.6 Å². The van der Waals surface area contributed by atoms with Crippen LogP contribution in [0.15, 0.2) is 79.0 Å². The van der Waals surface area contributed by atoms with Gasteiger partial charge in [0.2, 0.25) is 0 Å². The summed E-state index contributed by atoms with van der Waals surface area (Å²) in [4.78, 5) is 4.41. The summed E-state index contributed by atoms with van der Waals surface area (Å²) in [6.07, 6.45) is 12.2. The average molecular weight is 261 g/mol. The highest BCUT2D eigenvalue weighted by Crippen LogP contribution is 2.23. The molecule has 0 aliphatic carbocycles. The first-order valence-electron chi connectivity index (χ1n) is 6.82. The molecule has 1 heterocycles. The minimum absolute atomic E-state index is 1.00. The number of hydrogen-bond donors (Lipinski definition) is 0. The van der Waals surface area contributed by atoms with Crippen molar-refractivity contribution in [1.82, 2.24) is 4.98 Å². The zero-order valence-electron chi connectivity index (χ0n) is 12.0. The molecule has 0 amide bonds. The molecule has 0 atom stereocenters. The molecule has 1 heteroatoms. The largest absolute Gasteiger partial charge is 0.256 e. The van der Waals surface area contributed by atoms with Crippen molar-refractivity contribution in [2.75, 3.05) is 0 Å². The Balaban J connectivity index is 2.43. The van der Waals surface area contributed by atoms with Crippen LogP contribution in [0.25, 0.3) is 16.8 Å². The molecule has 0 saturated heterocycles. The Hall–Kier alpha value is -2.41. The standard InChI is InChI=1S/C19H19N/c1-3-5-10-16(9-4-2)17-11-8-12-18(15-17)19-13-6-7-14-20-19/h3-15H,1-2H3/b5-3?,9-4-,16-10+. The van der Waals surface area contributed by atoms with E-state index in [1.165, 1.54) is 11.1 Å². The first-order chi connectivity index (χ1) is 9.85. The predicted octanol–water partition coefficient (Wildman–Crippen LogP) is 5.28. The second-order valence-corrected chi connectivity index (χ2v) is 4.44. The zero-order valence-corrected chi connectivity index (χ0v) is 12.0. The molecule has 0 aliphatic heterocycles. The third-order valence-electron chi connectivity index (χ3n) is 2.97. The Kier molecular flexibility index (Phi) is 5.08. The lowest BCUT2D eigenvalue weighted by atomic mass is 10.0. The van der Waals surface area contributed by atoms with Crippen molar-refractivity contribution in [2.24, 2.45) is 0 Å². The minimum atomic E-state index is 1.00. The van der Waals surface area contributed by atoms with E-state index >= 15 is 0 Å². The van der Waals surface area contributed by atoms with Gasteiger partial charge in [-0.25, -0.2) is 0 Å². The SMILES string of the molecule is CC=C/C=C(\C=C/C)c1cccc(-c2ccccn2)c1. The molecule has 0 fully saturated rings. The van der Waals surface area contributed by atoms with Gasteiger partial charge in [0.1, 0.15) is 0 Å². The molecular formula is C19H19N. The molecule has 20 heavy (non-hydrogen) atoms. The van der Waals surface area contributed by atoms with Crippen LogP contribution in [0, 0.1) is 0 Å². The summed E-state index contributed by atoms with van der Waals surface area (Å²) in [5, 5.41) is 0. The topological polar surface area (TPSA) is 12.9 Å². The Morgan fingerprint density at radius 3 is 2.60 bits per heavy atom. The summed E-state index contributed by atoms with van der Waals surface area (Å²) < 4.78 is 0. The predicted molar refractivity (Wildman–Crippen MR) is 87.3 cm³/mol. The summed E-state index contributed by atoms with van der Waals surface area (Å²) in [6, 6.07) is 14.5. The number of benzene rings is 1. The van der Waals surface area contributed by atoms with Crippen molar-refractivity contribution in [3.8, 4) is 11.3 Å². The third-order valence-corrected chi connectivity index (χ3v) is 2.97. The van der Waals surface area contributed by atoms with Crippen LogP contribution in [-0.2, 0) is 0 Å². The molecule has 0 saturated carbocycles. The van der Waals surface area contributed by atoms with E-state index in [0.29, 0.717) is 0 Å². The van der Waals surface area contributed by atoms with Crippen molar-refractivity contribution in [2.45, 2.75) is 13.8 Å². The van der Waals surface area contributed by atoms with Gasteiger partial charge < -0.3 is 0 Å². The highest BCUT2D eigenvalue weighted by molar-refractivity contribution is 5.78. The maximum Gasteiger partial charge on any atom is 0.0702 e. The van der Waals surface area contributed by atoms with E-state index in [4.69, 9.17) is 0 Å². The van der Waals surface area contributed by atoms with Crippen molar-refractivity contribution in [1.29, 1.82) is 0 Å². The fourth-order valence-corrected chi connectivity index (χ4v) is 2.02. The normalized spacial score (nSPS) is 12.4. The minimum Gasteiger partial charge on any atom is -0.256 e. The highest BCUT2D eigenvalue weighted by Gasteiger charge is 2.02. The summed E-state index contributed by atoms with van der Waals surface area (Å²) in [6.45, 7) is 4.06. The Labute approximate surface area is 121 Å². The molecule has 0 radical (unpaired) electrons. The Morgan fingerprint density at radius 1 is 1.00 bits per heavy atom. The lowest BCUT2D eigenvalue weighted by molar-refractivity contribution is 1.32. The molecule has 2 rings (SSSR count). The molecule has 0 aliphatic rings. The number of aromatic nitrogens is 1. The van der Waals surface area contributed by atoms with E-state index in [1.807, 2.05) is 44.3 Å². The van der Waals surface area contributed by atoms with Gasteiger partial charge in [-0.3, -0.25) is 4.98 Å². The monoisotopic (exact) mass is 261 g/mol. The van der Waals surface area contributed by atoms with E-state index in [0.717, 1.165) is 11.3 Å². The van der Waals surface area contributed by atoms with Crippen LogP contribution in [0.2, 0.25) is 0 Å². The van der Waals surface area contributed by atoms with Crippen molar-refractivity contribution in [3.63, 3.8) is 0 Å². The number of allylic oxidation sites excluding steroid dienone is 6. The van der Waals surface area contributed by atoms with Gasteiger partial charge in [-0.1, -0.05) is 54.6 Å². The van der Waals surface area contributed by atoms with E-state index in [1.54, 1.807) is 0 Å². The maximum absolute atomic E-state index is 4.41. The number of hydrogen-bond acceptors (Lipinski definition) is 1. The Bertz CT molecular complexity index is 634. The van der Waals surface area contributed by atoms with Crippen LogP contribution in [0.1, 0.15) is 19.4 Å². The van der Waals surface area contributed by atoms with Crippen molar-refractivity contribution < 1.29 is 0 Å². The van der Waals surface area contributed by atoms with Crippen LogP contribution < -0.4 is 0 Å². The second kappa shape index (κ2) is 7.25. The van der Waals surface area contributed by atoms with Crippen LogP contribution in [0.5, 0.6) is 0 Å². The Morgan fingerprint density at radius 2 is 1.90 bits per heavy atom. The van der Waals surface area contributed by atoms with E-state index in [-0.39, 0.29) is 0 Å². The highest BCUT2D eigenvalue weighted by atomic mass is 14.7. The van der Waals surface area contributed by atoms with Crippen LogP contribution in [0.4, 0.5) is 0 Å². The van der Waals surface area contributed by atoms with Gasteiger partial charge in [-0.15, -0.1) is 0 Å². The molecule has 1 aromatic carbocycles. The summed E-state index contributed by atoms with van der Waals surface area (Å²) >= 11 is 0. The van der Waals surface area contributed by atoms with Gasteiger partial charge in [0.15, 0.2) is 0 Å². The summed E-state index contributed by atoms with van der Waals surface area (Å²) in [5.74, 6) is 0. The first-order valence-corrected chi connectivity index (χ1v) is 6.82. The number of pyridine rings is 1. The smallest absolute Gasteiger partial charge is 0.0702 e. The molecule has 0 unspecified atom stereocenters. The third kappa shape index (κ3) is 3.55. The van der Waals surface area contributed by atoms with Crippen LogP contribution in [-0.4, -0.2) is 4.98 Å². The first kappa shape index (κ1) is 14.0. The molecule has 0 spiro atoms. The molecule has 0 bridgehead atoms. The van der Waals surface area contributed by atoms with E-state index in [9.17, 15) is 0 Å². The average Bonchev–Trinajstić information content (AvgIpc) is 2.52. The van der Waals surface area contributed by atoms with Crippen molar-refractivity contribution >= 4 is 5.57 Å². The number of rotatable bonds is 4. The second-order valence-electron chi connectivity index (χ2n) is 4.44. The molecule has 2 aromatic rings. The summed E-state index contributed by atoms with van der Waals surface area (Å²) in [7, 11) is 0. The molecular weight excluding hydrogens is 242 g/mol. The van der Waals surface area contributed by atoms with Gasteiger partial charge >= 0.3 is 0 Å². The van der Waals surface area contributed by atoms with E-state index < -0.39 is 0 Å². The molecule has 100 valence electrons. The lowest BCUT2D eigenvalue weighted by Gasteiger charge is -2.06. The van der Waals surface area contributed by atoms with Gasteiger partial charge in [0.25, 0.3) is 0 Å².